The molecule has 0 aromatic heterocycles. The third-order valence-corrected chi connectivity index (χ3v) is 5.58. The van der Waals surface area contributed by atoms with Gasteiger partial charge in [-0.1, -0.05) is 42.5 Å². The van der Waals surface area contributed by atoms with Crippen LogP contribution in [0.25, 0.3) is 0 Å². The highest BCUT2D eigenvalue weighted by Gasteiger charge is 2.17. The van der Waals surface area contributed by atoms with Crippen molar-refractivity contribution in [1.82, 2.24) is 0 Å². The van der Waals surface area contributed by atoms with Crippen molar-refractivity contribution in [1.29, 1.82) is 0 Å². The first-order chi connectivity index (χ1) is 23.4. The van der Waals surface area contributed by atoms with E-state index in [4.69, 9.17) is 69.5 Å². The monoisotopic (exact) mass is 730 g/mol. The molecular weight excluding hydrogens is 684 g/mol. The standard InChI is InChI=1S/C9H11NO3.C9H11NO2.C4H8N2O3.C4H7NO4.C4H9NO3/c10-8(9(12)13)5-6-1-3-7(11)4-2-6;10-8(9(11)12)6-7-4-2-1-3-5-7;2*5-2(4(8)9)1-3(6)7;1-2(6)3(5)4(7)8/h1-4,8,11H,5,10H2,(H,12,13);1-5,8H,6,10H2,(H,11,12);2H,1,5H2,(H2,6,7)(H,8,9);2H,1,5H2,(H,6,7)(H,8,9);2-3,6H,5H2,1H3,(H,7,8)/t2*8-;2*2-;2-,3+/m00001/s1. The number of carbonyl (C=O) groups excluding carboxylic acids is 1. The molecule has 0 fully saturated rings. The number of hydrogen-bond donors (Lipinski definition) is 14. The molecule has 2 aromatic rings. The summed E-state index contributed by atoms with van der Waals surface area (Å²) in [6.07, 6.45) is -1.16. The van der Waals surface area contributed by atoms with Crippen LogP contribution >= 0.6 is 0 Å². The molecule has 0 bridgehead atoms. The molecule has 51 heavy (non-hydrogen) atoms. The minimum absolute atomic E-state index is 0.160. The van der Waals surface area contributed by atoms with Crippen molar-refractivity contribution in [2.75, 3.05) is 0 Å². The van der Waals surface area contributed by atoms with E-state index in [-0.39, 0.29) is 18.6 Å². The SMILES string of the molecule is C[C@@H](O)[C@H](N)C(=O)O.NC(=O)C[C@H](N)C(=O)O.N[C@@H](CC(=O)O)C(=O)O.N[C@@H](Cc1ccc(O)cc1)C(=O)O.N[C@@H](Cc1ccccc1)C(=O)O. The number of carbonyl (C=O) groups is 7. The average molecular weight is 731 g/mol. The summed E-state index contributed by atoms with van der Waals surface area (Å²) in [5, 5.41) is 66.7. The number of aliphatic hydroxyl groups excluding tert-OH is 1. The van der Waals surface area contributed by atoms with Crippen molar-refractivity contribution in [2.45, 2.75) is 68.9 Å². The van der Waals surface area contributed by atoms with Gasteiger partial charge in [0.2, 0.25) is 5.91 Å². The second kappa shape index (κ2) is 27.2. The van der Waals surface area contributed by atoms with Crippen molar-refractivity contribution < 1.29 is 74.4 Å². The predicted octanol–water partition coefficient (Wildman–Crippen LogP) is -3.09. The molecule has 21 heteroatoms. The smallest absolute Gasteiger partial charge is 0.323 e. The number of aliphatic hydroxyl groups is 1. The number of rotatable bonds is 14. The Morgan fingerprint density at radius 2 is 0.902 bits per heavy atom. The van der Waals surface area contributed by atoms with Crippen LogP contribution in [0.5, 0.6) is 5.75 Å². The zero-order chi connectivity index (χ0) is 40.4. The number of aromatic hydroxyl groups is 1. The minimum atomic E-state index is -1.29. The molecule has 20 N–H and O–H groups in total. The van der Waals surface area contributed by atoms with E-state index in [0.29, 0.717) is 6.42 Å². The van der Waals surface area contributed by atoms with E-state index in [1.807, 2.05) is 30.3 Å². The van der Waals surface area contributed by atoms with Gasteiger partial charge in [0, 0.05) is 0 Å². The van der Waals surface area contributed by atoms with Gasteiger partial charge in [-0.05, 0) is 43.0 Å². The lowest BCUT2D eigenvalue weighted by Crippen LogP contribution is -2.39. The van der Waals surface area contributed by atoms with Crippen LogP contribution in [-0.4, -0.2) is 119 Å². The molecule has 0 aliphatic rings. The van der Waals surface area contributed by atoms with Gasteiger partial charge in [0.25, 0.3) is 0 Å². The summed E-state index contributed by atoms with van der Waals surface area (Å²) in [6, 6.07) is 10.4. The van der Waals surface area contributed by atoms with E-state index in [0.717, 1.165) is 11.1 Å². The Kier molecular flexibility index (Phi) is 26.4. The number of carboxylic acid groups (broad SMARTS) is 6. The van der Waals surface area contributed by atoms with Crippen LogP contribution in [0.15, 0.2) is 54.6 Å². The second-order valence-corrected chi connectivity index (χ2v) is 10.2. The number of phenolic OH excluding ortho intramolecular Hbond substituents is 1. The van der Waals surface area contributed by atoms with E-state index in [1.165, 1.54) is 19.1 Å². The minimum Gasteiger partial charge on any atom is -0.508 e. The number of benzene rings is 2. The van der Waals surface area contributed by atoms with Crippen molar-refractivity contribution in [3.63, 3.8) is 0 Å². The van der Waals surface area contributed by atoms with Gasteiger partial charge in [-0.2, -0.15) is 0 Å². The largest absolute Gasteiger partial charge is 0.508 e. The normalized spacial score (nSPS) is 13.2. The lowest BCUT2D eigenvalue weighted by Gasteiger charge is -2.06. The van der Waals surface area contributed by atoms with Crippen molar-refractivity contribution >= 4 is 41.7 Å². The molecule has 0 spiro atoms. The van der Waals surface area contributed by atoms with E-state index in [9.17, 15) is 33.6 Å². The fourth-order valence-electron chi connectivity index (χ4n) is 2.71. The summed E-state index contributed by atoms with van der Waals surface area (Å²) in [5.41, 5.74) is 31.7. The highest BCUT2D eigenvalue weighted by molar-refractivity contribution is 5.83. The first-order valence-electron chi connectivity index (χ1n) is 14.3. The van der Waals surface area contributed by atoms with Crippen LogP contribution in [0.4, 0.5) is 0 Å². The Morgan fingerprint density at radius 1 is 0.549 bits per heavy atom. The molecule has 286 valence electrons. The third-order valence-electron chi connectivity index (χ3n) is 5.58. The molecule has 0 aliphatic heterocycles. The zero-order valence-electron chi connectivity index (χ0n) is 27.4. The maximum atomic E-state index is 10.4. The maximum absolute atomic E-state index is 10.4. The van der Waals surface area contributed by atoms with Crippen LogP contribution < -0.4 is 34.4 Å². The quantitative estimate of drug-likeness (QED) is 0.0915. The Balaban J connectivity index is -0.000000573. The van der Waals surface area contributed by atoms with Gasteiger partial charge in [-0.25, -0.2) is 0 Å². The van der Waals surface area contributed by atoms with Gasteiger partial charge in [0.15, 0.2) is 0 Å². The van der Waals surface area contributed by atoms with Gasteiger partial charge in [0.05, 0.1) is 18.9 Å². The fourth-order valence-corrected chi connectivity index (χ4v) is 2.71. The summed E-state index contributed by atoms with van der Waals surface area (Å²) in [5.74, 6) is -7.42. The van der Waals surface area contributed by atoms with Crippen molar-refractivity contribution in [3.8, 4) is 5.75 Å². The Bertz CT molecular complexity index is 1350. The summed E-state index contributed by atoms with van der Waals surface area (Å²) in [7, 11) is 0. The molecule has 6 atom stereocenters. The van der Waals surface area contributed by atoms with Gasteiger partial charge < -0.3 is 75.3 Å². The highest BCUT2D eigenvalue weighted by Crippen LogP contribution is 2.10. The molecule has 1 amide bonds. The van der Waals surface area contributed by atoms with Crippen LogP contribution in [0.3, 0.4) is 0 Å². The molecule has 0 unspecified atom stereocenters. The van der Waals surface area contributed by atoms with Gasteiger partial charge in [-0.3, -0.25) is 33.6 Å². The summed E-state index contributed by atoms with van der Waals surface area (Å²) < 4.78 is 0. The van der Waals surface area contributed by atoms with Crippen molar-refractivity contribution in [2.24, 2.45) is 34.4 Å². The van der Waals surface area contributed by atoms with E-state index < -0.39 is 84.5 Å². The molecule has 0 heterocycles. The molecule has 0 aliphatic carbocycles. The Labute approximate surface area is 291 Å². The van der Waals surface area contributed by atoms with Gasteiger partial charge in [0.1, 0.15) is 36.0 Å². The number of phenols is 1. The van der Waals surface area contributed by atoms with Gasteiger partial charge in [-0.15, -0.1) is 0 Å². The first kappa shape index (κ1) is 49.7. The molecule has 2 aromatic carbocycles. The number of nitrogens with two attached hydrogens (primary N) is 6. The van der Waals surface area contributed by atoms with Crippen molar-refractivity contribution in [3.05, 3.63) is 65.7 Å². The number of hydrogen-bond acceptors (Lipinski definition) is 14. The van der Waals surface area contributed by atoms with Crippen LogP contribution in [-0.2, 0) is 46.4 Å². The lowest BCUT2D eigenvalue weighted by atomic mass is 10.1. The molecule has 2 rings (SSSR count). The van der Waals surface area contributed by atoms with E-state index >= 15 is 0 Å². The molecule has 0 saturated carbocycles. The Morgan fingerprint density at radius 3 is 1.14 bits per heavy atom. The van der Waals surface area contributed by atoms with Gasteiger partial charge >= 0.3 is 35.8 Å². The van der Waals surface area contributed by atoms with Crippen LogP contribution in [0.2, 0.25) is 0 Å². The third kappa shape index (κ3) is 29.0. The second-order valence-electron chi connectivity index (χ2n) is 10.2. The average Bonchev–Trinajstić information content (AvgIpc) is 3.02. The predicted molar refractivity (Wildman–Crippen MR) is 178 cm³/mol. The molecule has 21 nitrogen and oxygen atoms in total. The number of carboxylic acids is 6. The van der Waals surface area contributed by atoms with Crippen LogP contribution in [0, 0.1) is 0 Å². The van der Waals surface area contributed by atoms with Crippen LogP contribution in [0.1, 0.15) is 30.9 Å². The first-order valence-corrected chi connectivity index (χ1v) is 14.3. The summed E-state index contributed by atoms with van der Waals surface area (Å²) in [6.45, 7) is 1.33. The maximum Gasteiger partial charge on any atom is 0.323 e. The molecular formula is C30H46N6O15. The summed E-state index contributed by atoms with van der Waals surface area (Å²) in [4.78, 5) is 70.1. The highest BCUT2D eigenvalue weighted by atomic mass is 16.4. The van der Waals surface area contributed by atoms with E-state index in [1.54, 1.807) is 12.1 Å². The molecule has 0 radical (unpaired) electrons. The van der Waals surface area contributed by atoms with E-state index in [2.05, 4.69) is 5.73 Å². The molecule has 0 saturated heterocycles. The Hall–Kier alpha value is -5.71. The zero-order valence-corrected chi connectivity index (χ0v) is 27.4. The lowest BCUT2D eigenvalue weighted by molar-refractivity contribution is -0.144. The number of primary amides is 1. The number of aliphatic carboxylic acids is 6. The topological polar surface area (TPSA) is 437 Å². The summed E-state index contributed by atoms with van der Waals surface area (Å²) >= 11 is 0. The fraction of sp³-hybridized carbons (Fsp3) is 0.367. The number of amides is 1.